The molecule has 100 valence electrons. The lowest BCUT2D eigenvalue weighted by molar-refractivity contribution is -0.131. The van der Waals surface area contributed by atoms with Gasteiger partial charge in [-0.05, 0) is 12.9 Å². The van der Waals surface area contributed by atoms with E-state index in [1.165, 1.54) is 0 Å². The Balaban J connectivity index is 2.84. The summed E-state index contributed by atoms with van der Waals surface area (Å²) in [5.74, 6) is -0.428. The van der Waals surface area contributed by atoms with Crippen molar-refractivity contribution in [2.24, 2.45) is 10.9 Å². The van der Waals surface area contributed by atoms with Gasteiger partial charge in [-0.25, -0.2) is 0 Å². The SMILES string of the molecule is BCN(CCO)C(=O)[C@H]1C=CCCN=C1CCO. The third-order valence-electron chi connectivity index (χ3n) is 3.00. The molecule has 18 heavy (non-hydrogen) atoms. The average molecular weight is 252 g/mol. The van der Waals surface area contributed by atoms with Crippen LogP contribution in [0.4, 0.5) is 0 Å². The molecule has 0 spiro atoms. The van der Waals surface area contributed by atoms with Gasteiger partial charge in [-0.2, -0.15) is 0 Å². The highest BCUT2D eigenvalue weighted by molar-refractivity contribution is 6.12. The van der Waals surface area contributed by atoms with Crippen LogP contribution >= 0.6 is 0 Å². The smallest absolute Gasteiger partial charge is 0.234 e. The molecule has 0 fully saturated rings. The van der Waals surface area contributed by atoms with E-state index in [1.807, 2.05) is 20.0 Å². The number of aliphatic hydroxyl groups is 2. The first kappa shape index (κ1) is 14.9. The first-order valence-electron chi connectivity index (χ1n) is 6.45. The molecule has 1 aliphatic rings. The van der Waals surface area contributed by atoms with Crippen molar-refractivity contribution in [3.8, 4) is 0 Å². The topological polar surface area (TPSA) is 73.1 Å². The molecule has 0 saturated heterocycles. The van der Waals surface area contributed by atoms with Gasteiger partial charge in [-0.1, -0.05) is 12.2 Å². The summed E-state index contributed by atoms with van der Waals surface area (Å²) in [6.45, 7) is 0.971. The minimum absolute atomic E-state index is 0.00256. The molecule has 0 unspecified atom stereocenters. The second-order valence-corrected chi connectivity index (χ2v) is 4.18. The maximum atomic E-state index is 12.4. The van der Waals surface area contributed by atoms with Crippen LogP contribution in [0.15, 0.2) is 17.1 Å². The zero-order chi connectivity index (χ0) is 13.4. The van der Waals surface area contributed by atoms with E-state index in [0.717, 1.165) is 12.1 Å². The van der Waals surface area contributed by atoms with Crippen LogP contribution in [-0.4, -0.2) is 67.3 Å². The highest BCUT2D eigenvalue weighted by Crippen LogP contribution is 2.14. The molecule has 0 aromatic carbocycles. The number of rotatable bonds is 6. The van der Waals surface area contributed by atoms with E-state index >= 15 is 0 Å². The minimum atomic E-state index is -0.383. The highest BCUT2D eigenvalue weighted by Gasteiger charge is 2.25. The molecule has 1 aliphatic heterocycles. The van der Waals surface area contributed by atoms with Gasteiger partial charge in [-0.3, -0.25) is 9.79 Å². The molecule has 2 N–H and O–H groups in total. The second-order valence-electron chi connectivity index (χ2n) is 4.18. The number of hydrogen-bond donors (Lipinski definition) is 2. The van der Waals surface area contributed by atoms with Crippen LogP contribution in [-0.2, 0) is 4.79 Å². The predicted octanol–water partition coefficient (Wildman–Crippen LogP) is -1.20. The van der Waals surface area contributed by atoms with Gasteiger partial charge < -0.3 is 15.1 Å². The molecule has 1 rings (SSSR count). The summed E-state index contributed by atoms with van der Waals surface area (Å²) in [5.41, 5.74) is 0.743. The van der Waals surface area contributed by atoms with Gasteiger partial charge in [0.2, 0.25) is 5.91 Å². The van der Waals surface area contributed by atoms with Crippen LogP contribution in [0.25, 0.3) is 0 Å². The van der Waals surface area contributed by atoms with Crippen LogP contribution in [0.5, 0.6) is 0 Å². The van der Waals surface area contributed by atoms with Crippen molar-refractivity contribution in [1.82, 2.24) is 4.90 Å². The maximum Gasteiger partial charge on any atom is 0.234 e. The Hall–Kier alpha value is -1.14. The van der Waals surface area contributed by atoms with Gasteiger partial charge in [0.1, 0.15) is 7.85 Å². The van der Waals surface area contributed by atoms with Gasteiger partial charge in [-0.15, -0.1) is 0 Å². The van der Waals surface area contributed by atoms with E-state index in [1.54, 1.807) is 4.90 Å². The Morgan fingerprint density at radius 1 is 1.50 bits per heavy atom. The van der Waals surface area contributed by atoms with Crippen LogP contribution < -0.4 is 0 Å². The maximum absolute atomic E-state index is 12.4. The quantitative estimate of drug-likeness (QED) is 0.460. The van der Waals surface area contributed by atoms with E-state index in [9.17, 15) is 4.79 Å². The van der Waals surface area contributed by atoms with Crippen molar-refractivity contribution >= 4 is 19.5 Å². The van der Waals surface area contributed by atoms with E-state index in [0.29, 0.717) is 26.0 Å². The number of hydrogen-bond acceptors (Lipinski definition) is 4. The van der Waals surface area contributed by atoms with E-state index in [2.05, 4.69) is 4.99 Å². The molecule has 0 saturated carbocycles. The largest absolute Gasteiger partial charge is 0.396 e. The standard InChI is InChI=1S/C12H21BN2O3/c13-9-15(6-8-17)12(18)10-3-1-2-5-14-11(10)4-7-16/h1,3,10,16-17H,2,4-9,13H2/t10-/m0/s1. The van der Waals surface area contributed by atoms with E-state index < -0.39 is 0 Å². The Labute approximate surface area is 109 Å². The fourth-order valence-corrected chi connectivity index (χ4v) is 2.04. The van der Waals surface area contributed by atoms with Crippen LogP contribution in [0.1, 0.15) is 12.8 Å². The van der Waals surface area contributed by atoms with Crippen LogP contribution in [0.3, 0.4) is 0 Å². The molecule has 5 nitrogen and oxygen atoms in total. The number of aliphatic hydroxyl groups excluding tert-OH is 2. The van der Waals surface area contributed by atoms with Crippen molar-refractivity contribution in [3.05, 3.63) is 12.2 Å². The highest BCUT2D eigenvalue weighted by atomic mass is 16.3. The Morgan fingerprint density at radius 2 is 2.28 bits per heavy atom. The van der Waals surface area contributed by atoms with Gasteiger partial charge in [0.05, 0.1) is 12.5 Å². The van der Waals surface area contributed by atoms with Gasteiger partial charge in [0, 0.05) is 31.8 Å². The zero-order valence-corrected chi connectivity index (χ0v) is 10.9. The summed E-state index contributed by atoms with van der Waals surface area (Å²) in [7, 11) is 1.89. The fraction of sp³-hybridized carbons (Fsp3) is 0.667. The third-order valence-corrected chi connectivity index (χ3v) is 3.00. The van der Waals surface area contributed by atoms with E-state index in [4.69, 9.17) is 10.2 Å². The summed E-state index contributed by atoms with van der Waals surface area (Å²) in [6.07, 6.45) is 5.64. The molecule has 0 aromatic rings. The van der Waals surface area contributed by atoms with Crippen LogP contribution in [0, 0.1) is 5.92 Å². The molecule has 0 aromatic heterocycles. The Bertz CT molecular complexity index is 331. The molecule has 1 atom stereocenters. The van der Waals surface area contributed by atoms with Crippen molar-refractivity contribution in [3.63, 3.8) is 0 Å². The zero-order valence-electron chi connectivity index (χ0n) is 10.9. The average Bonchev–Trinajstić information content (AvgIpc) is 2.61. The number of amides is 1. The number of aliphatic imine (C=N–C) groups is 1. The predicted molar refractivity (Wildman–Crippen MR) is 73.5 cm³/mol. The van der Waals surface area contributed by atoms with Crippen LogP contribution in [0.2, 0.25) is 0 Å². The van der Waals surface area contributed by atoms with Gasteiger partial charge in [0.15, 0.2) is 0 Å². The van der Waals surface area contributed by atoms with Crippen molar-refractivity contribution in [1.29, 1.82) is 0 Å². The second kappa shape index (κ2) is 8.05. The van der Waals surface area contributed by atoms with E-state index in [-0.39, 0.29) is 25.0 Å². The summed E-state index contributed by atoms with van der Waals surface area (Å²) in [4.78, 5) is 18.4. The van der Waals surface area contributed by atoms with Gasteiger partial charge in [0.25, 0.3) is 0 Å². The number of nitrogens with zero attached hydrogens (tertiary/aromatic N) is 2. The molecule has 1 amide bonds. The van der Waals surface area contributed by atoms with Crippen molar-refractivity contribution in [2.45, 2.75) is 12.8 Å². The van der Waals surface area contributed by atoms with Crippen molar-refractivity contribution in [2.75, 3.05) is 32.7 Å². The fourth-order valence-electron chi connectivity index (χ4n) is 2.04. The molecular weight excluding hydrogens is 231 g/mol. The number of carbonyl (C=O) groups is 1. The number of carbonyl (C=O) groups excluding carboxylic acids is 1. The first-order chi connectivity index (χ1) is 8.74. The molecule has 0 aliphatic carbocycles. The summed E-state index contributed by atoms with van der Waals surface area (Å²) >= 11 is 0. The summed E-state index contributed by atoms with van der Waals surface area (Å²) in [5, 5.41) is 18.0. The molecule has 1 heterocycles. The Morgan fingerprint density at radius 3 is 2.89 bits per heavy atom. The lowest BCUT2D eigenvalue weighted by atomic mass is 9.97. The summed E-state index contributed by atoms with van der Waals surface area (Å²) < 4.78 is 0. The molecule has 6 heteroatoms. The third kappa shape index (κ3) is 3.96. The first-order valence-corrected chi connectivity index (χ1v) is 6.45. The van der Waals surface area contributed by atoms with Crippen molar-refractivity contribution < 1.29 is 15.0 Å². The molecule has 0 bridgehead atoms. The molecule has 0 radical (unpaired) electrons. The summed E-state index contributed by atoms with van der Waals surface area (Å²) in [6, 6.07) is 0. The monoisotopic (exact) mass is 252 g/mol. The normalized spacial score (nSPS) is 19.2. The minimum Gasteiger partial charge on any atom is -0.396 e. The lowest BCUT2D eigenvalue weighted by Crippen LogP contribution is -2.41. The lowest BCUT2D eigenvalue weighted by Gasteiger charge is -2.24. The Kier molecular flexibility index (Phi) is 6.68. The van der Waals surface area contributed by atoms with Gasteiger partial charge >= 0.3 is 0 Å². The molecular formula is C12H21BN2O3.